The first kappa shape index (κ1) is 14.1. The average molecular weight is 270 g/mol. The number of anilines is 2. The molecule has 0 unspecified atom stereocenters. The first-order chi connectivity index (χ1) is 9.65. The van der Waals surface area contributed by atoms with Crippen molar-refractivity contribution in [3.63, 3.8) is 0 Å². The van der Waals surface area contributed by atoms with E-state index in [1.165, 1.54) is 12.2 Å². The van der Waals surface area contributed by atoms with Crippen LogP contribution in [0.15, 0.2) is 54.6 Å². The summed E-state index contributed by atoms with van der Waals surface area (Å²) in [6.07, 6.45) is 0. The van der Waals surface area contributed by atoms with Crippen LogP contribution < -0.4 is 4.90 Å². The lowest BCUT2D eigenvalue weighted by atomic mass is 10.1. The van der Waals surface area contributed by atoms with E-state index in [0.717, 1.165) is 11.4 Å². The number of carbonyl (C=O) groups excluding carboxylic acids is 1. The monoisotopic (exact) mass is 270 g/mol. The van der Waals surface area contributed by atoms with Crippen molar-refractivity contribution in [1.29, 1.82) is 0 Å². The van der Waals surface area contributed by atoms with Crippen LogP contribution in [0.2, 0.25) is 0 Å². The summed E-state index contributed by atoms with van der Waals surface area (Å²) in [4.78, 5) is 19.3. The molecule has 104 valence electrons. The molecule has 2 aromatic carbocycles. The molecule has 0 saturated carbocycles. The van der Waals surface area contributed by atoms with Gasteiger partial charge in [0, 0.05) is 19.8 Å². The van der Waals surface area contributed by atoms with Crippen LogP contribution in [0.5, 0.6) is 0 Å². The number of amides is 1. The Balaban J connectivity index is 2.40. The molecule has 0 fully saturated rings. The quantitative estimate of drug-likeness (QED) is 0.800. The molecule has 0 aliphatic carbocycles. The fourth-order valence-electron chi connectivity index (χ4n) is 1.99. The zero-order valence-corrected chi connectivity index (χ0v) is 11.9. The zero-order valence-electron chi connectivity index (χ0n) is 11.9. The minimum absolute atomic E-state index is 0.175. The van der Waals surface area contributed by atoms with Crippen LogP contribution in [0, 0.1) is 0 Å². The van der Waals surface area contributed by atoms with Gasteiger partial charge in [0.25, 0.3) is 5.91 Å². The lowest BCUT2D eigenvalue weighted by Gasteiger charge is -2.23. The van der Waals surface area contributed by atoms with Crippen LogP contribution in [0.4, 0.5) is 11.4 Å². The largest absolute Gasteiger partial charge is 0.344 e. The Hall–Kier alpha value is -2.33. The molecule has 1 amide bonds. The van der Waals surface area contributed by atoms with Gasteiger partial charge in [-0.2, -0.15) is 0 Å². The molecule has 2 rings (SSSR count). The Morgan fingerprint density at radius 3 is 2.20 bits per heavy atom. The lowest BCUT2D eigenvalue weighted by molar-refractivity contribution is -0.0756. The number of benzene rings is 2. The van der Waals surface area contributed by atoms with Crippen LogP contribution in [-0.2, 0) is 4.84 Å². The van der Waals surface area contributed by atoms with Crippen LogP contribution in [0.25, 0.3) is 0 Å². The molecule has 0 radical (unpaired) electrons. The summed E-state index contributed by atoms with van der Waals surface area (Å²) < 4.78 is 0. The molecular weight excluding hydrogens is 252 g/mol. The Labute approximate surface area is 119 Å². The molecule has 0 heterocycles. The van der Waals surface area contributed by atoms with Gasteiger partial charge >= 0.3 is 0 Å². The minimum atomic E-state index is -0.175. The standard InChI is InChI=1S/C16H18N2O2/c1-17(13-9-5-4-6-10-13)15-12-8-7-11-14(15)16(19)18(2)20-3/h4-12H,1-3H3. The van der Waals surface area contributed by atoms with Crippen molar-refractivity contribution in [1.82, 2.24) is 5.06 Å². The highest BCUT2D eigenvalue weighted by Crippen LogP contribution is 2.27. The second-order valence-corrected chi connectivity index (χ2v) is 4.40. The van der Waals surface area contributed by atoms with E-state index in [1.807, 2.05) is 60.5 Å². The molecule has 20 heavy (non-hydrogen) atoms. The van der Waals surface area contributed by atoms with Gasteiger partial charge in [-0.3, -0.25) is 9.63 Å². The summed E-state index contributed by atoms with van der Waals surface area (Å²) in [5.74, 6) is -0.175. The Kier molecular flexibility index (Phi) is 4.38. The minimum Gasteiger partial charge on any atom is -0.344 e. The molecule has 0 bridgehead atoms. The van der Waals surface area contributed by atoms with Gasteiger partial charge in [0.15, 0.2) is 0 Å². The zero-order chi connectivity index (χ0) is 14.5. The van der Waals surface area contributed by atoms with Crippen molar-refractivity contribution < 1.29 is 9.63 Å². The van der Waals surface area contributed by atoms with E-state index in [9.17, 15) is 4.79 Å². The Morgan fingerprint density at radius 2 is 1.55 bits per heavy atom. The summed E-state index contributed by atoms with van der Waals surface area (Å²) in [6, 6.07) is 17.4. The molecule has 0 spiro atoms. The van der Waals surface area contributed by atoms with Crippen LogP contribution >= 0.6 is 0 Å². The van der Waals surface area contributed by atoms with Gasteiger partial charge < -0.3 is 4.90 Å². The molecular formula is C16H18N2O2. The smallest absolute Gasteiger partial charge is 0.279 e. The maximum absolute atomic E-state index is 12.3. The highest BCUT2D eigenvalue weighted by atomic mass is 16.7. The maximum atomic E-state index is 12.3. The van der Waals surface area contributed by atoms with Crippen molar-refractivity contribution >= 4 is 17.3 Å². The summed E-state index contributed by atoms with van der Waals surface area (Å²) >= 11 is 0. The Morgan fingerprint density at radius 1 is 0.950 bits per heavy atom. The van der Waals surface area contributed by atoms with E-state index < -0.39 is 0 Å². The molecule has 0 atom stereocenters. The molecule has 4 nitrogen and oxygen atoms in total. The van der Waals surface area contributed by atoms with E-state index in [0.29, 0.717) is 5.56 Å². The number of hydrogen-bond donors (Lipinski definition) is 0. The molecule has 0 aromatic heterocycles. The number of para-hydroxylation sites is 2. The third-order valence-electron chi connectivity index (χ3n) is 3.20. The van der Waals surface area contributed by atoms with Gasteiger partial charge in [-0.05, 0) is 24.3 Å². The summed E-state index contributed by atoms with van der Waals surface area (Å²) in [5, 5.41) is 1.22. The van der Waals surface area contributed by atoms with E-state index >= 15 is 0 Å². The van der Waals surface area contributed by atoms with Gasteiger partial charge in [0.05, 0.1) is 18.4 Å². The van der Waals surface area contributed by atoms with E-state index in [1.54, 1.807) is 13.1 Å². The van der Waals surface area contributed by atoms with E-state index in [-0.39, 0.29) is 5.91 Å². The number of hydroxylamine groups is 2. The first-order valence-corrected chi connectivity index (χ1v) is 6.35. The number of carbonyl (C=O) groups is 1. The van der Waals surface area contributed by atoms with Crippen molar-refractivity contribution in [3.05, 3.63) is 60.2 Å². The third kappa shape index (κ3) is 2.81. The second kappa shape index (κ2) is 6.21. The fourth-order valence-corrected chi connectivity index (χ4v) is 1.99. The van der Waals surface area contributed by atoms with E-state index in [4.69, 9.17) is 4.84 Å². The van der Waals surface area contributed by atoms with Gasteiger partial charge in [-0.1, -0.05) is 30.3 Å². The van der Waals surface area contributed by atoms with Crippen LogP contribution in [0.1, 0.15) is 10.4 Å². The lowest BCUT2D eigenvalue weighted by Crippen LogP contribution is -2.27. The van der Waals surface area contributed by atoms with Gasteiger partial charge in [0.2, 0.25) is 0 Å². The molecule has 0 N–H and O–H groups in total. The predicted octanol–water partition coefficient (Wildman–Crippen LogP) is 3.09. The summed E-state index contributed by atoms with van der Waals surface area (Å²) in [7, 11) is 5.01. The first-order valence-electron chi connectivity index (χ1n) is 6.35. The predicted molar refractivity (Wildman–Crippen MR) is 80.0 cm³/mol. The highest BCUT2D eigenvalue weighted by molar-refractivity contribution is 5.99. The van der Waals surface area contributed by atoms with E-state index in [2.05, 4.69) is 0 Å². The second-order valence-electron chi connectivity index (χ2n) is 4.40. The van der Waals surface area contributed by atoms with Gasteiger partial charge in [-0.15, -0.1) is 0 Å². The molecule has 4 heteroatoms. The fraction of sp³-hybridized carbons (Fsp3) is 0.188. The highest BCUT2D eigenvalue weighted by Gasteiger charge is 2.18. The van der Waals surface area contributed by atoms with Crippen molar-refractivity contribution in [3.8, 4) is 0 Å². The van der Waals surface area contributed by atoms with Crippen LogP contribution in [0.3, 0.4) is 0 Å². The SMILES string of the molecule is CON(C)C(=O)c1ccccc1N(C)c1ccccc1. The van der Waals surface area contributed by atoms with Crippen molar-refractivity contribution in [2.45, 2.75) is 0 Å². The Bertz CT molecular complexity index is 584. The number of nitrogens with zero attached hydrogens (tertiary/aromatic N) is 2. The molecule has 2 aromatic rings. The third-order valence-corrected chi connectivity index (χ3v) is 3.20. The van der Waals surface area contributed by atoms with Crippen LogP contribution in [-0.4, -0.2) is 32.2 Å². The summed E-state index contributed by atoms with van der Waals surface area (Å²) in [6.45, 7) is 0. The molecule has 0 aliphatic rings. The van der Waals surface area contributed by atoms with Gasteiger partial charge in [0.1, 0.15) is 0 Å². The van der Waals surface area contributed by atoms with Crippen molar-refractivity contribution in [2.75, 3.05) is 26.1 Å². The number of rotatable bonds is 4. The normalized spacial score (nSPS) is 10.2. The molecule has 0 aliphatic heterocycles. The number of hydrogen-bond acceptors (Lipinski definition) is 3. The topological polar surface area (TPSA) is 32.8 Å². The summed E-state index contributed by atoms with van der Waals surface area (Å²) in [5.41, 5.74) is 2.46. The van der Waals surface area contributed by atoms with Gasteiger partial charge in [-0.25, -0.2) is 5.06 Å². The van der Waals surface area contributed by atoms with Crippen molar-refractivity contribution in [2.24, 2.45) is 0 Å². The maximum Gasteiger partial charge on any atom is 0.279 e. The average Bonchev–Trinajstić information content (AvgIpc) is 2.53. The molecule has 0 saturated heterocycles.